The molecule has 45 heavy (non-hydrogen) atoms. The van der Waals surface area contributed by atoms with Gasteiger partial charge < -0.3 is 16.1 Å². The first kappa shape index (κ1) is 30.4. The number of nitrogens with zero attached hydrogens (tertiary/aromatic N) is 5. The number of nitrogens with one attached hydrogen (secondary N) is 4. The molecule has 234 valence electrons. The van der Waals surface area contributed by atoms with Crippen molar-refractivity contribution in [2.45, 2.75) is 76.8 Å². The Morgan fingerprint density at radius 1 is 1.09 bits per heavy atom. The van der Waals surface area contributed by atoms with Crippen LogP contribution < -0.4 is 21.6 Å². The van der Waals surface area contributed by atoms with Crippen LogP contribution in [0.4, 0.5) is 28.9 Å². The second-order valence-corrected chi connectivity index (χ2v) is 12.4. The fraction of sp³-hybridized carbons (Fsp3) is 0.438. The zero-order valence-electron chi connectivity index (χ0n) is 25.1. The molecule has 6 rings (SSSR count). The van der Waals surface area contributed by atoms with Gasteiger partial charge in [-0.05, 0) is 64.7 Å². The average molecular weight is 620 g/mol. The lowest BCUT2D eigenvalue weighted by Gasteiger charge is -2.46. The van der Waals surface area contributed by atoms with Gasteiger partial charge >= 0.3 is 0 Å². The van der Waals surface area contributed by atoms with Crippen molar-refractivity contribution in [3.63, 3.8) is 0 Å². The number of nitriles is 2. The van der Waals surface area contributed by atoms with Gasteiger partial charge in [0.15, 0.2) is 0 Å². The van der Waals surface area contributed by atoms with Crippen molar-refractivity contribution in [3.05, 3.63) is 70.4 Å². The van der Waals surface area contributed by atoms with E-state index in [0.29, 0.717) is 65.8 Å². The molecule has 9 nitrogen and oxygen atoms in total. The topological polar surface area (TPSA) is 125 Å². The molecule has 1 aromatic carbocycles. The number of anilines is 2. The summed E-state index contributed by atoms with van der Waals surface area (Å²) in [4.78, 5) is 8.97. The first-order valence-corrected chi connectivity index (χ1v) is 14.8. The number of hydrogen-bond acceptors (Lipinski definition) is 9. The fourth-order valence-corrected chi connectivity index (χ4v) is 6.28. The summed E-state index contributed by atoms with van der Waals surface area (Å²) in [5.41, 5.74) is 7.70. The van der Waals surface area contributed by atoms with Crippen molar-refractivity contribution in [1.29, 1.82) is 10.5 Å². The molecule has 0 radical (unpaired) electrons. The molecule has 1 atom stereocenters. The van der Waals surface area contributed by atoms with Gasteiger partial charge in [0.2, 0.25) is 0 Å². The Labute approximate surface area is 258 Å². The number of pyridine rings is 2. The van der Waals surface area contributed by atoms with Crippen molar-refractivity contribution in [2.75, 3.05) is 17.2 Å². The number of aromatic nitrogens is 2. The summed E-state index contributed by atoms with van der Waals surface area (Å²) in [6.45, 7) is 4.60. The van der Waals surface area contributed by atoms with E-state index in [-0.39, 0.29) is 17.7 Å². The van der Waals surface area contributed by atoms with Crippen LogP contribution in [0.15, 0.2) is 42.4 Å². The highest BCUT2D eigenvalue weighted by molar-refractivity contribution is 5.99. The lowest BCUT2D eigenvalue weighted by atomic mass is 9.64. The van der Waals surface area contributed by atoms with Crippen LogP contribution >= 0.6 is 0 Å². The van der Waals surface area contributed by atoms with E-state index in [4.69, 9.17) is 0 Å². The van der Waals surface area contributed by atoms with E-state index >= 15 is 0 Å². The largest absolute Gasteiger partial charge is 0.383 e. The number of fused-ring (bicyclic) bond motifs is 1. The van der Waals surface area contributed by atoms with E-state index in [1.807, 2.05) is 26.0 Å². The molecule has 1 aliphatic heterocycles. The van der Waals surface area contributed by atoms with Gasteiger partial charge in [-0.15, -0.1) is 5.53 Å². The van der Waals surface area contributed by atoms with Crippen molar-refractivity contribution in [2.24, 2.45) is 5.41 Å². The molecule has 0 spiro atoms. The van der Waals surface area contributed by atoms with E-state index in [2.05, 4.69) is 43.7 Å². The second-order valence-electron chi connectivity index (χ2n) is 12.4. The molecule has 0 bridgehead atoms. The average Bonchev–Trinajstić information content (AvgIpc) is 3.64. The minimum absolute atomic E-state index is 0.0507. The lowest BCUT2D eigenvalue weighted by Crippen LogP contribution is -2.49. The Hall–Kier alpha value is -4.62. The molecule has 2 saturated carbocycles. The Morgan fingerprint density at radius 2 is 1.82 bits per heavy atom. The van der Waals surface area contributed by atoms with Crippen LogP contribution in [0.2, 0.25) is 0 Å². The summed E-state index contributed by atoms with van der Waals surface area (Å²) in [5, 5.41) is 28.4. The third-order valence-corrected chi connectivity index (χ3v) is 9.49. The van der Waals surface area contributed by atoms with E-state index in [1.54, 1.807) is 18.3 Å². The summed E-state index contributed by atoms with van der Waals surface area (Å²) in [7, 11) is 0. The molecule has 0 unspecified atom stereocenters. The van der Waals surface area contributed by atoms with Crippen LogP contribution in [0.5, 0.6) is 0 Å². The zero-order chi connectivity index (χ0) is 32.1. The van der Waals surface area contributed by atoms with Crippen molar-refractivity contribution in [1.82, 2.24) is 25.9 Å². The van der Waals surface area contributed by atoms with Gasteiger partial charge in [0.1, 0.15) is 17.7 Å². The first-order chi connectivity index (χ1) is 21.4. The van der Waals surface area contributed by atoms with E-state index < -0.39 is 29.3 Å². The van der Waals surface area contributed by atoms with Crippen molar-refractivity contribution in [3.8, 4) is 12.1 Å². The number of rotatable bonds is 10. The summed E-state index contributed by atoms with van der Waals surface area (Å²) in [6.07, 6.45) is 2.51. The standard InChI is InChI=1S/C32H33F4N9/c1-18-5-6-23(19(2)41-18)28(25-16-45(44-43-25)32(9-10-32)29(33)34)42-22-11-20(13-37)26-24(12-22)27(21(14-38)15-39-26)40-17-31(7-4-8-31)30(3,35)36/h5-6,11-12,15-16,28-29,42-44H,4,7-10,17H2,1-3H3,(H,39,40)/t28-/m0/s1. The Balaban J connectivity index is 1.42. The van der Waals surface area contributed by atoms with Gasteiger partial charge in [0.05, 0.1) is 39.5 Å². The van der Waals surface area contributed by atoms with Crippen LogP contribution in [0.25, 0.3) is 10.9 Å². The predicted molar refractivity (Wildman–Crippen MR) is 161 cm³/mol. The Bertz CT molecular complexity index is 1760. The third-order valence-electron chi connectivity index (χ3n) is 9.49. The molecule has 0 saturated heterocycles. The first-order valence-electron chi connectivity index (χ1n) is 14.8. The highest BCUT2D eigenvalue weighted by Gasteiger charge is 2.57. The number of benzene rings is 1. The minimum Gasteiger partial charge on any atom is -0.383 e. The number of alkyl halides is 4. The maximum atomic E-state index is 14.6. The smallest absolute Gasteiger partial charge is 0.262 e. The summed E-state index contributed by atoms with van der Waals surface area (Å²) in [5.74, 6) is -2.92. The number of aryl methyl sites for hydroxylation is 2. The lowest BCUT2D eigenvalue weighted by molar-refractivity contribution is -0.139. The SMILES string of the molecule is Cc1ccc([C@H](Nc2cc(C#N)c3ncc(C#N)c(NCC4(C(C)(F)F)CCC4)c3c2)C2=CN(C3(C(F)F)CC3)NN2)c(C)n1. The molecule has 3 aliphatic rings. The predicted octanol–water partition coefficient (Wildman–Crippen LogP) is 6.34. The summed E-state index contributed by atoms with van der Waals surface area (Å²) in [6, 6.07) is 10.7. The molecule has 2 aromatic heterocycles. The van der Waals surface area contributed by atoms with Crippen molar-refractivity contribution >= 4 is 22.3 Å². The van der Waals surface area contributed by atoms with Gasteiger partial charge in [-0.25, -0.2) is 17.6 Å². The molecule has 3 heterocycles. The number of hydrazine groups is 2. The number of halogens is 4. The normalized spacial score (nSPS) is 18.8. The molecule has 2 aliphatic carbocycles. The molecule has 4 N–H and O–H groups in total. The second kappa shape index (κ2) is 11.1. The van der Waals surface area contributed by atoms with Crippen LogP contribution in [-0.2, 0) is 0 Å². The van der Waals surface area contributed by atoms with Gasteiger partial charge in [-0.3, -0.25) is 15.0 Å². The van der Waals surface area contributed by atoms with E-state index in [9.17, 15) is 28.1 Å². The van der Waals surface area contributed by atoms with Crippen LogP contribution in [0, 0.1) is 41.9 Å². The van der Waals surface area contributed by atoms with Gasteiger partial charge in [0, 0.05) is 47.0 Å². The van der Waals surface area contributed by atoms with Crippen LogP contribution in [0.1, 0.15) is 73.1 Å². The maximum Gasteiger partial charge on any atom is 0.262 e. The molecular weight excluding hydrogens is 586 g/mol. The summed E-state index contributed by atoms with van der Waals surface area (Å²) < 4.78 is 57.1. The van der Waals surface area contributed by atoms with Gasteiger partial charge in [-0.2, -0.15) is 10.5 Å². The molecule has 0 amide bonds. The zero-order valence-corrected chi connectivity index (χ0v) is 25.1. The van der Waals surface area contributed by atoms with E-state index in [0.717, 1.165) is 18.2 Å². The Morgan fingerprint density at radius 3 is 2.40 bits per heavy atom. The quantitative estimate of drug-likeness (QED) is 0.192. The Kier molecular flexibility index (Phi) is 7.48. The van der Waals surface area contributed by atoms with E-state index in [1.165, 1.54) is 11.2 Å². The molecular formula is C32H33F4N9. The monoisotopic (exact) mass is 619 g/mol. The molecule has 3 aromatic rings. The minimum atomic E-state index is -2.92. The molecule has 2 fully saturated rings. The van der Waals surface area contributed by atoms with Gasteiger partial charge in [0.25, 0.3) is 12.3 Å². The van der Waals surface area contributed by atoms with Crippen molar-refractivity contribution < 1.29 is 17.6 Å². The number of hydrogen-bond donors (Lipinski definition) is 4. The maximum absolute atomic E-state index is 14.6. The fourth-order valence-electron chi connectivity index (χ4n) is 6.28. The molecule has 13 heteroatoms. The van der Waals surface area contributed by atoms with Crippen LogP contribution in [-0.4, -0.2) is 39.4 Å². The highest BCUT2D eigenvalue weighted by atomic mass is 19.3. The highest BCUT2D eigenvalue weighted by Crippen LogP contribution is 2.52. The summed E-state index contributed by atoms with van der Waals surface area (Å²) >= 11 is 0. The third kappa shape index (κ3) is 5.25. The van der Waals surface area contributed by atoms with Crippen LogP contribution in [0.3, 0.4) is 0 Å². The van der Waals surface area contributed by atoms with Gasteiger partial charge in [-0.1, -0.05) is 12.5 Å².